The molecule has 2 heterocycles. The predicted molar refractivity (Wildman–Crippen MR) is 58.9 cm³/mol. The van der Waals surface area contributed by atoms with Crippen molar-refractivity contribution >= 4 is 16.5 Å². The first-order valence-electron chi connectivity index (χ1n) is 5.01. The van der Waals surface area contributed by atoms with Crippen LogP contribution in [-0.4, -0.2) is 36.4 Å². The molecule has 5 heteroatoms. The molecule has 0 unspecified atom stereocenters. The molecule has 0 atom stereocenters. The second-order valence-corrected chi connectivity index (χ2v) is 4.86. The molecule has 78 valence electrons. The number of hydrogen-bond acceptors (Lipinski definition) is 5. The summed E-state index contributed by atoms with van der Waals surface area (Å²) in [5.41, 5.74) is 0. The lowest BCUT2D eigenvalue weighted by molar-refractivity contribution is 0.442. The molecule has 1 aliphatic heterocycles. The van der Waals surface area contributed by atoms with E-state index in [4.69, 9.17) is 0 Å². The number of nitrogens with one attached hydrogen (secondary N) is 1. The van der Waals surface area contributed by atoms with Gasteiger partial charge in [-0.15, -0.1) is 10.2 Å². The molecule has 0 bridgehead atoms. The molecule has 1 aliphatic rings. The first-order chi connectivity index (χ1) is 6.77. The van der Waals surface area contributed by atoms with Gasteiger partial charge in [-0.05, 0) is 32.9 Å². The van der Waals surface area contributed by atoms with Gasteiger partial charge in [-0.25, -0.2) is 0 Å². The van der Waals surface area contributed by atoms with Crippen molar-refractivity contribution in [2.45, 2.75) is 25.8 Å². The molecule has 14 heavy (non-hydrogen) atoms. The summed E-state index contributed by atoms with van der Waals surface area (Å²) >= 11 is 1.67. The molecule has 1 aromatic heterocycles. The first-order valence-corrected chi connectivity index (χ1v) is 5.82. The Labute approximate surface area is 88.3 Å². The summed E-state index contributed by atoms with van der Waals surface area (Å²) in [4.78, 5) is 2.27. The summed E-state index contributed by atoms with van der Waals surface area (Å²) in [6, 6.07) is 0.628. The molecule has 1 N–H and O–H groups in total. The fraction of sp³-hybridized carbons (Fsp3) is 0.778. The second kappa shape index (κ2) is 4.23. The highest BCUT2D eigenvalue weighted by Gasteiger charge is 2.20. The Morgan fingerprint density at radius 3 is 2.64 bits per heavy atom. The number of piperidine rings is 1. The molecule has 4 nitrogen and oxygen atoms in total. The van der Waals surface area contributed by atoms with Gasteiger partial charge in [-0.1, -0.05) is 11.3 Å². The first kappa shape index (κ1) is 9.86. The van der Waals surface area contributed by atoms with Gasteiger partial charge in [0.1, 0.15) is 5.01 Å². The minimum absolute atomic E-state index is 0.628. The van der Waals surface area contributed by atoms with E-state index in [9.17, 15) is 0 Å². The molecule has 1 aromatic rings. The van der Waals surface area contributed by atoms with Crippen molar-refractivity contribution in [2.24, 2.45) is 0 Å². The van der Waals surface area contributed by atoms with Crippen LogP contribution in [0.4, 0.5) is 5.13 Å². The van der Waals surface area contributed by atoms with Gasteiger partial charge >= 0.3 is 0 Å². The van der Waals surface area contributed by atoms with Gasteiger partial charge in [0.2, 0.25) is 5.13 Å². The van der Waals surface area contributed by atoms with Crippen LogP contribution in [0.15, 0.2) is 0 Å². The summed E-state index contributed by atoms with van der Waals surface area (Å²) < 4.78 is 0. The molecule has 0 radical (unpaired) electrons. The van der Waals surface area contributed by atoms with Gasteiger partial charge in [0.15, 0.2) is 0 Å². The Kier molecular flexibility index (Phi) is 2.98. The number of aromatic nitrogens is 2. The van der Waals surface area contributed by atoms with E-state index in [-0.39, 0.29) is 0 Å². The second-order valence-electron chi connectivity index (χ2n) is 3.70. The fourth-order valence-electron chi connectivity index (χ4n) is 1.78. The summed E-state index contributed by atoms with van der Waals surface area (Å²) in [5.74, 6) is 0. The normalized spacial score (nSPS) is 18.4. The number of rotatable bonds is 2. The van der Waals surface area contributed by atoms with E-state index in [2.05, 4.69) is 27.5 Å². The molecule has 0 aromatic carbocycles. The molecule has 2 rings (SSSR count). The zero-order chi connectivity index (χ0) is 9.97. The van der Waals surface area contributed by atoms with Crippen molar-refractivity contribution in [3.8, 4) is 0 Å². The monoisotopic (exact) mass is 212 g/mol. The SMILES string of the molecule is Cc1nnc(N(C)C2CCNCC2)s1. The van der Waals surface area contributed by atoms with Crippen molar-refractivity contribution < 1.29 is 0 Å². The molecule has 1 saturated heterocycles. The quantitative estimate of drug-likeness (QED) is 0.795. The van der Waals surface area contributed by atoms with Crippen LogP contribution < -0.4 is 10.2 Å². The Hall–Kier alpha value is -0.680. The minimum atomic E-state index is 0.628. The zero-order valence-electron chi connectivity index (χ0n) is 8.66. The van der Waals surface area contributed by atoms with Crippen LogP contribution in [0.1, 0.15) is 17.8 Å². The Balaban J connectivity index is 2.03. The van der Waals surface area contributed by atoms with E-state index in [1.165, 1.54) is 12.8 Å². The highest BCUT2D eigenvalue weighted by Crippen LogP contribution is 2.22. The van der Waals surface area contributed by atoms with Crippen molar-refractivity contribution in [2.75, 3.05) is 25.0 Å². The summed E-state index contributed by atoms with van der Waals surface area (Å²) in [6.45, 7) is 4.23. The summed E-state index contributed by atoms with van der Waals surface area (Å²) in [5, 5.41) is 13.7. The van der Waals surface area contributed by atoms with Gasteiger partial charge in [-0.3, -0.25) is 0 Å². The fourth-order valence-corrected chi connectivity index (χ4v) is 2.50. The third-order valence-corrected chi connectivity index (χ3v) is 3.60. The number of nitrogens with zero attached hydrogens (tertiary/aromatic N) is 3. The van der Waals surface area contributed by atoms with E-state index in [0.29, 0.717) is 6.04 Å². The van der Waals surface area contributed by atoms with E-state index >= 15 is 0 Å². The van der Waals surface area contributed by atoms with E-state index in [1.54, 1.807) is 11.3 Å². The van der Waals surface area contributed by atoms with Gasteiger partial charge in [0, 0.05) is 13.1 Å². The highest BCUT2D eigenvalue weighted by molar-refractivity contribution is 7.15. The van der Waals surface area contributed by atoms with Gasteiger partial charge < -0.3 is 10.2 Å². The Bertz CT molecular complexity index is 293. The van der Waals surface area contributed by atoms with Crippen molar-refractivity contribution in [3.05, 3.63) is 5.01 Å². The van der Waals surface area contributed by atoms with Crippen LogP contribution in [0, 0.1) is 6.92 Å². The molecule has 1 fully saturated rings. The van der Waals surface area contributed by atoms with Crippen LogP contribution in [0.2, 0.25) is 0 Å². The molecule has 0 amide bonds. The molecule has 0 saturated carbocycles. The third-order valence-electron chi connectivity index (χ3n) is 2.67. The lowest BCUT2D eigenvalue weighted by atomic mass is 10.1. The maximum atomic E-state index is 4.16. The molecule has 0 spiro atoms. The van der Waals surface area contributed by atoms with E-state index in [1.807, 2.05) is 6.92 Å². The summed E-state index contributed by atoms with van der Waals surface area (Å²) in [7, 11) is 2.12. The largest absolute Gasteiger partial charge is 0.347 e. The van der Waals surface area contributed by atoms with Gasteiger partial charge in [0.05, 0.1) is 0 Å². The van der Waals surface area contributed by atoms with E-state index < -0.39 is 0 Å². The van der Waals surface area contributed by atoms with Crippen molar-refractivity contribution in [1.29, 1.82) is 0 Å². The number of hydrogen-bond donors (Lipinski definition) is 1. The third kappa shape index (κ3) is 2.04. The van der Waals surface area contributed by atoms with Crippen LogP contribution >= 0.6 is 11.3 Å². The maximum absolute atomic E-state index is 4.16. The van der Waals surface area contributed by atoms with Gasteiger partial charge in [-0.2, -0.15) is 0 Å². The number of anilines is 1. The number of aryl methyl sites for hydroxylation is 1. The van der Waals surface area contributed by atoms with Crippen molar-refractivity contribution in [1.82, 2.24) is 15.5 Å². The topological polar surface area (TPSA) is 41.1 Å². The highest BCUT2D eigenvalue weighted by atomic mass is 32.1. The molecular weight excluding hydrogens is 196 g/mol. The predicted octanol–water partition coefficient (Wildman–Crippen LogP) is 1.03. The Morgan fingerprint density at radius 2 is 2.07 bits per heavy atom. The van der Waals surface area contributed by atoms with Crippen LogP contribution in [0.25, 0.3) is 0 Å². The van der Waals surface area contributed by atoms with Crippen LogP contribution in [0.5, 0.6) is 0 Å². The molecule has 0 aliphatic carbocycles. The molecular formula is C9H16N4S. The Morgan fingerprint density at radius 1 is 1.36 bits per heavy atom. The van der Waals surface area contributed by atoms with Crippen molar-refractivity contribution in [3.63, 3.8) is 0 Å². The lowest BCUT2D eigenvalue weighted by Crippen LogP contribution is -2.41. The average Bonchev–Trinajstić information content (AvgIpc) is 2.65. The van der Waals surface area contributed by atoms with E-state index in [0.717, 1.165) is 23.2 Å². The lowest BCUT2D eigenvalue weighted by Gasteiger charge is -2.30. The summed E-state index contributed by atoms with van der Waals surface area (Å²) in [6.07, 6.45) is 2.41. The van der Waals surface area contributed by atoms with Crippen LogP contribution in [-0.2, 0) is 0 Å². The smallest absolute Gasteiger partial charge is 0.208 e. The zero-order valence-corrected chi connectivity index (χ0v) is 9.47. The standard InChI is InChI=1S/C9H16N4S/c1-7-11-12-9(14-7)13(2)8-3-5-10-6-4-8/h8,10H,3-6H2,1-2H3. The van der Waals surface area contributed by atoms with Crippen LogP contribution in [0.3, 0.4) is 0 Å². The van der Waals surface area contributed by atoms with Gasteiger partial charge in [0.25, 0.3) is 0 Å². The minimum Gasteiger partial charge on any atom is -0.347 e. The maximum Gasteiger partial charge on any atom is 0.208 e. The average molecular weight is 212 g/mol.